The maximum absolute atomic E-state index is 11.2. The number of para-hydroxylation sites is 1. The van der Waals surface area contributed by atoms with E-state index in [-0.39, 0.29) is 5.69 Å². The molecule has 0 bridgehead atoms. The second-order valence-corrected chi connectivity index (χ2v) is 4.29. The van der Waals surface area contributed by atoms with Gasteiger partial charge in [0.1, 0.15) is 12.4 Å². The van der Waals surface area contributed by atoms with Gasteiger partial charge in [-0.25, -0.2) is 10.5 Å². The van der Waals surface area contributed by atoms with Crippen LogP contribution in [0.4, 0.5) is 0 Å². The number of nitrogens with two attached hydrogens (primary N) is 1. The summed E-state index contributed by atoms with van der Waals surface area (Å²) >= 11 is 0. The number of hydrogen-bond acceptors (Lipinski definition) is 5. The molecule has 2 aromatic rings. The third-order valence-electron chi connectivity index (χ3n) is 2.82. The van der Waals surface area contributed by atoms with Gasteiger partial charge >= 0.3 is 0 Å². The topological polar surface area (TPSA) is 95.1 Å². The van der Waals surface area contributed by atoms with Crippen LogP contribution in [0.25, 0.3) is 0 Å². The molecule has 7 nitrogen and oxygen atoms in total. The average Bonchev–Trinajstić information content (AvgIpc) is 2.97. The van der Waals surface area contributed by atoms with E-state index in [1.807, 2.05) is 35.8 Å². The number of allylic oxidation sites excluding steroid dienone is 1. The lowest BCUT2D eigenvalue weighted by atomic mass is 10.1. The first-order valence-corrected chi connectivity index (χ1v) is 6.47. The van der Waals surface area contributed by atoms with Crippen LogP contribution in [-0.2, 0) is 13.0 Å². The van der Waals surface area contributed by atoms with E-state index in [0.717, 1.165) is 17.7 Å². The fourth-order valence-corrected chi connectivity index (χ4v) is 1.80. The molecular weight excluding hydrogens is 270 g/mol. The minimum atomic E-state index is -0.474. The van der Waals surface area contributed by atoms with Crippen LogP contribution in [0.5, 0.6) is 5.75 Å². The average molecular weight is 287 g/mol. The highest BCUT2D eigenvalue weighted by Gasteiger charge is 2.08. The van der Waals surface area contributed by atoms with Gasteiger partial charge in [0.05, 0.1) is 12.7 Å². The van der Waals surface area contributed by atoms with Crippen molar-refractivity contribution in [3.8, 4) is 5.75 Å². The quantitative estimate of drug-likeness (QED) is 0.338. The van der Waals surface area contributed by atoms with E-state index in [9.17, 15) is 4.79 Å². The van der Waals surface area contributed by atoms with Crippen molar-refractivity contribution in [2.24, 2.45) is 5.84 Å². The number of amides is 1. The number of hydrogen-bond donors (Lipinski definition) is 2. The second kappa shape index (κ2) is 7.20. The third-order valence-corrected chi connectivity index (χ3v) is 2.82. The number of nitrogens with zero attached hydrogens (tertiary/aromatic N) is 3. The second-order valence-electron chi connectivity index (χ2n) is 4.29. The van der Waals surface area contributed by atoms with Crippen LogP contribution >= 0.6 is 0 Å². The summed E-state index contributed by atoms with van der Waals surface area (Å²) in [6.45, 7) is 4.62. The van der Waals surface area contributed by atoms with Crippen molar-refractivity contribution in [1.29, 1.82) is 0 Å². The molecule has 2 rings (SSSR count). The Morgan fingerprint density at radius 1 is 1.48 bits per heavy atom. The summed E-state index contributed by atoms with van der Waals surface area (Å²) < 4.78 is 7.26. The van der Waals surface area contributed by atoms with Gasteiger partial charge in [0.15, 0.2) is 5.69 Å². The molecule has 0 spiro atoms. The molecule has 0 aliphatic rings. The SMILES string of the molecule is C=CCc1ccccc1OCCn1cc(C(=O)NN)nn1. The monoisotopic (exact) mass is 287 g/mol. The molecular formula is C14H17N5O2. The van der Waals surface area contributed by atoms with Crippen molar-refractivity contribution in [3.63, 3.8) is 0 Å². The zero-order valence-corrected chi connectivity index (χ0v) is 11.5. The molecule has 21 heavy (non-hydrogen) atoms. The van der Waals surface area contributed by atoms with E-state index >= 15 is 0 Å². The Morgan fingerprint density at radius 3 is 3.05 bits per heavy atom. The first-order valence-electron chi connectivity index (χ1n) is 6.47. The number of nitrogens with one attached hydrogen (secondary N) is 1. The maximum atomic E-state index is 11.2. The molecule has 7 heteroatoms. The van der Waals surface area contributed by atoms with Crippen molar-refractivity contribution in [2.75, 3.05) is 6.61 Å². The number of hydrazine groups is 1. The largest absolute Gasteiger partial charge is 0.491 e. The van der Waals surface area contributed by atoms with Crippen molar-refractivity contribution >= 4 is 5.91 Å². The lowest BCUT2D eigenvalue weighted by molar-refractivity contribution is 0.0948. The van der Waals surface area contributed by atoms with Gasteiger partial charge in [-0.3, -0.25) is 10.2 Å². The molecule has 1 aromatic heterocycles. The van der Waals surface area contributed by atoms with Crippen LogP contribution in [0, 0.1) is 0 Å². The van der Waals surface area contributed by atoms with Crippen LogP contribution in [0.3, 0.4) is 0 Å². The highest BCUT2D eigenvalue weighted by Crippen LogP contribution is 2.18. The Kier molecular flexibility index (Phi) is 5.05. The van der Waals surface area contributed by atoms with E-state index in [1.165, 1.54) is 10.9 Å². The van der Waals surface area contributed by atoms with E-state index in [0.29, 0.717) is 13.2 Å². The van der Waals surface area contributed by atoms with Crippen LogP contribution < -0.4 is 16.0 Å². The molecule has 0 saturated heterocycles. The molecule has 0 saturated carbocycles. The zero-order chi connectivity index (χ0) is 15.1. The number of carbonyl (C=O) groups excluding carboxylic acids is 1. The molecule has 0 atom stereocenters. The Labute approximate surface area is 122 Å². The predicted octanol–water partition coefficient (Wildman–Crippen LogP) is 0.689. The smallest absolute Gasteiger partial charge is 0.287 e. The van der Waals surface area contributed by atoms with Gasteiger partial charge in [0.25, 0.3) is 5.91 Å². The summed E-state index contributed by atoms with van der Waals surface area (Å²) in [5.41, 5.74) is 3.25. The molecule has 110 valence electrons. The van der Waals surface area contributed by atoms with Gasteiger partial charge in [-0.15, -0.1) is 11.7 Å². The summed E-state index contributed by atoms with van der Waals surface area (Å²) in [4.78, 5) is 11.2. The van der Waals surface area contributed by atoms with Crippen LogP contribution in [0.15, 0.2) is 43.1 Å². The number of aromatic nitrogens is 3. The third kappa shape index (κ3) is 3.90. The molecule has 0 aliphatic carbocycles. The van der Waals surface area contributed by atoms with Gasteiger partial charge in [-0.1, -0.05) is 29.5 Å². The van der Waals surface area contributed by atoms with Gasteiger partial charge in [0.2, 0.25) is 0 Å². The molecule has 0 fully saturated rings. The Bertz CT molecular complexity index is 623. The number of carbonyl (C=O) groups is 1. The summed E-state index contributed by atoms with van der Waals surface area (Å²) in [5.74, 6) is 5.37. The van der Waals surface area contributed by atoms with Crippen LogP contribution in [0.2, 0.25) is 0 Å². The standard InChI is InChI=1S/C14H17N5O2/c1-2-5-11-6-3-4-7-13(11)21-9-8-19-10-12(17-18-19)14(20)16-15/h2-4,6-7,10H,1,5,8-9,15H2,(H,16,20). The predicted molar refractivity (Wildman–Crippen MR) is 77.5 cm³/mol. The van der Waals surface area contributed by atoms with Crippen LogP contribution in [0.1, 0.15) is 16.1 Å². The summed E-state index contributed by atoms with van der Waals surface area (Å²) in [6, 6.07) is 7.78. The van der Waals surface area contributed by atoms with E-state index in [1.54, 1.807) is 0 Å². The Morgan fingerprint density at radius 2 is 2.29 bits per heavy atom. The normalized spacial score (nSPS) is 10.1. The fourth-order valence-electron chi connectivity index (χ4n) is 1.80. The maximum Gasteiger partial charge on any atom is 0.287 e. The van der Waals surface area contributed by atoms with Gasteiger partial charge in [-0.2, -0.15) is 0 Å². The van der Waals surface area contributed by atoms with Crippen molar-refractivity contribution < 1.29 is 9.53 Å². The minimum absolute atomic E-state index is 0.171. The van der Waals surface area contributed by atoms with Gasteiger partial charge in [0, 0.05) is 0 Å². The van der Waals surface area contributed by atoms with Gasteiger partial charge in [-0.05, 0) is 18.1 Å². The highest BCUT2D eigenvalue weighted by molar-refractivity contribution is 5.91. The summed E-state index contributed by atoms with van der Waals surface area (Å²) in [5, 5.41) is 7.54. The Hall–Kier alpha value is -2.67. The molecule has 3 N–H and O–H groups in total. The fraction of sp³-hybridized carbons (Fsp3) is 0.214. The zero-order valence-electron chi connectivity index (χ0n) is 11.5. The minimum Gasteiger partial charge on any atom is -0.491 e. The summed E-state index contributed by atoms with van der Waals surface area (Å²) in [7, 11) is 0. The van der Waals surface area contributed by atoms with E-state index in [2.05, 4.69) is 16.9 Å². The number of rotatable bonds is 7. The van der Waals surface area contributed by atoms with Gasteiger partial charge < -0.3 is 4.74 Å². The summed E-state index contributed by atoms with van der Waals surface area (Å²) in [6.07, 6.45) is 4.10. The molecule has 1 heterocycles. The van der Waals surface area contributed by atoms with E-state index < -0.39 is 5.91 Å². The highest BCUT2D eigenvalue weighted by atomic mass is 16.5. The van der Waals surface area contributed by atoms with Crippen molar-refractivity contribution in [1.82, 2.24) is 20.4 Å². The van der Waals surface area contributed by atoms with Crippen molar-refractivity contribution in [2.45, 2.75) is 13.0 Å². The Balaban J connectivity index is 1.91. The molecule has 0 radical (unpaired) electrons. The first kappa shape index (κ1) is 14.7. The van der Waals surface area contributed by atoms with Crippen LogP contribution in [-0.4, -0.2) is 27.5 Å². The number of ether oxygens (including phenoxy) is 1. The van der Waals surface area contributed by atoms with E-state index in [4.69, 9.17) is 10.6 Å². The molecule has 1 amide bonds. The molecule has 0 aliphatic heterocycles. The van der Waals surface area contributed by atoms with Crippen molar-refractivity contribution in [3.05, 3.63) is 54.4 Å². The first-order chi connectivity index (χ1) is 10.2. The lowest BCUT2D eigenvalue weighted by Gasteiger charge is -2.09. The number of nitrogen functional groups attached to an aromatic ring is 1. The molecule has 1 aromatic carbocycles. The lowest BCUT2D eigenvalue weighted by Crippen LogP contribution is -2.30. The number of benzene rings is 1. The molecule has 0 unspecified atom stereocenters.